The van der Waals surface area contributed by atoms with E-state index in [4.69, 9.17) is 11.6 Å². The Labute approximate surface area is 124 Å². The third kappa shape index (κ3) is 1.72. The number of nitrogens with zero attached hydrogens (tertiary/aromatic N) is 1. The van der Waals surface area contributed by atoms with Crippen LogP contribution < -0.4 is 4.90 Å². The molecule has 5 nitrogen and oxygen atoms in total. The molecular formula is C14H11ClFNO4. The zero-order valence-electron chi connectivity index (χ0n) is 11.1. The lowest BCUT2D eigenvalue weighted by Gasteiger charge is -2.15. The molecule has 1 aliphatic carbocycles. The fraction of sp³-hybridized carbons (Fsp3) is 0.357. The third-order valence-electron chi connectivity index (χ3n) is 4.09. The van der Waals surface area contributed by atoms with Gasteiger partial charge in [0.1, 0.15) is 5.41 Å². The number of halogens is 2. The fourth-order valence-corrected chi connectivity index (χ4v) is 2.97. The molecular weight excluding hydrogens is 301 g/mol. The summed E-state index contributed by atoms with van der Waals surface area (Å²) in [4.78, 5) is 36.9. The third-order valence-corrected chi connectivity index (χ3v) is 4.34. The van der Waals surface area contributed by atoms with Crippen molar-refractivity contribution >= 4 is 35.1 Å². The van der Waals surface area contributed by atoms with Gasteiger partial charge in [-0.15, -0.1) is 0 Å². The maximum absolute atomic E-state index is 14.5. The van der Waals surface area contributed by atoms with Gasteiger partial charge in [0, 0.05) is 17.9 Å². The van der Waals surface area contributed by atoms with Crippen LogP contribution in [0.5, 0.6) is 0 Å². The summed E-state index contributed by atoms with van der Waals surface area (Å²) in [6.45, 7) is 0. The quantitative estimate of drug-likeness (QED) is 0.618. The summed E-state index contributed by atoms with van der Waals surface area (Å²) < 4.78 is 18.9. The molecule has 2 atom stereocenters. The molecule has 0 unspecified atom stereocenters. The monoisotopic (exact) mass is 311 g/mol. The Hall–Kier alpha value is -1.95. The second-order valence-corrected chi connectivity index (χ2v) is 5.68. The van der Waals surface area contributed by atoms with Crippen molar-refractivity contribution in [2.45, 2.75) is 18.5 Å². The number of imide groups is 1. The standard InChI is InChI=1S/C14H11ClFNO4/c1-21-12(20)14(16)7-13(14)6-10(18)17(11(13)19)9-4-2-8(15)3-5-9/h2-5H,6-7H2,1H3/t13-,14+/m0/s1. The Balaban J connectivity index is 1.95. The molecule has 0 radical (unpaired) electrons. The van der Waals surface area contributed by atoms with Crippen molar-refractivity contribution < 1.29 is 23.5 Å². The molecule has 110 valence electrons. The molecule has 1 saturated carbocycles. The number of esters is 1. The smallest absolute Gasteiger partial charge is 0.344 e. The van der Waals surface area contributed by atoms with Crippen molar-refractivity contribution in [3.63, 3.8) is 0 Å². The minimum Gasteiger partial charge on any atom is -0.467 e. The van der Waals surface area contributed by atoms with Crippen LogP contribution in [0.25, 0.3) is 0 Å². The van der Waals surface area contributed by atoms with Crippen LogP contribution in [0.15, 0.2) is 24.3 Å². The lowest BCUT2D eigenvalue weighted by molar-refractivity contribution is -0.151. The summed E-state index contributed by atoms with van der Waals surface area (Å²) >= 11 is 5.76. The second kappa shape index (κ2) is 4.27. The number of methoxy groups -OCH3 is 1. The van der Waals surface area contributed by atoms with Gasteiger partial charge in [-0.1, -0.05) is 11.6 Å². The Bertz CT molecular complexity index is 661. The molecule has 1 aliphatic heterocycles. The molecule has 1 heterocycles. The zero-order valence-corrected chi connectivity index (χ0v) is 11.8. The van der Waals surface area contributed by atoms with Crippen molar-refractivity contribution in [1.29, 1.82) is 0 Å². The minimum absolute atomic E-state index is 0.311. The molecule has 1 aromatic rings. The van der Waals surface area contributed by atoms with Crippen LogP contribution in [0, 0.1) is 5.41 Å². The van der Waals surface area contributed by atoms with Gasteiger partial charge in [0.25, 0.3) is 0 Å². The second-order valence-electron chi connectivity index (χ2n) is 5.24. The van der Waals surface area contributed by atoms with E-state index in [1.54, 1.807) is 0 Å². The first-order chi connectivity index (χ1) is 9.85. The van der Waals surface area contributed by atoms with Gasteiger partial charge in [-0.2, -0.15) is 0 Å². The first-order valence-electron chi connectivity index (χ1n) is 6.26. The lowest BCUT2D eigenvalue weighted by Crippen LogP contribution is -2.35. The normalized spacial score (nSPS) is 30.9. The SMILES string of the molecule is COC(=O)[C@]1(F)C[C@]12CC(=O)N(c1ccc(Cl)cc1)C2=O. The molecule has 3 rings (SSSR count). The number of alkyl halides is 1. The molecule has 0 aromatic heterocycles. The first-order valence-corrected chi connectivity index (χ1v) is 6.64. The summed E-state index contributed by atoms with van der Waals surface area (Å²) in [7, 11) is 1.05. The summed E-state index contributed by atoms with van der Waals surface area (Å²) in [5, 5.41) is 0.452. The highest BCUT2D eigenvalue weighted by molar-refractivity contribution is 6.31. The number of carbonyl (C=O) groups is 3. The van der Waals surface area contributed by atoms with E-state index in [9.17, 15) is 18.8 Å². The van der Waals surface area contributed by atoms with Crippen molar-refractivity contribution in [3.8, 4) is 0 Å². The van der Waals surface area contributed by atoms with E-state index in [0.717, 1.165) is 12.0 Å². The molecule has 21 heavy (non-hydrogen) atoms. The van der Waals surface area contributed by atoms with Gasteiger partial charge >= 0.3 is 5.97 Å². The van der Waals surface area contributed by atoms with Crippen LogP contribution in [-0.4, -0.2) is 30.6 Å². The molecule has 1 spiro atoms. The zero-order chi connectivity index (χ0) is 15.4. The van der Waals surface area contributed by atoms with E-state index in [2.05, 4.69) is 4.74 Å². The summed E-state index contributed by atoms with van der Waals surface area (Å²) in [6, 6.07) is 6.05. The summed E-state index contributed by atoms with van der Waals surface area (Å²) in [5.41, 5.74) is -3.71. The number of hydrogen-bond acceptors (Lipinski definition) is 4. The van der Waals surface area contributed by atoms with E-state index in [0.29, 0.717) is 10.7 Å². The number of anilines is 1. The number of carbonyl (C=O) groups excluding carboxylic acids is 3. The predicted molar refractivity (Wildman–Crippen MR) is 71.5 cm³/mol. The predicted octanol–water partition coefficient (Wildman–Crippen LogP) is 1.87. The molecule has 0 N–H and O–H groups in total. The topological polar surface area (TPSA) is 63.7 Å². The number of hydrogen-bond donors (Lipinski definition) is 0. The van der Waals surface area contributed by atoms with Gasteiger partial charge in [-0.3, -0.25) is 9.59 Å². The average molecular weight is 312 g/mol. The Morgan fingerprint density at radius 1 is 1.33 bits per heavy atom. The van der Waals surface area contributed by atoms with Gasteiger partial charge in [-0.05, 0) is 24.3 Å². The first kappa shape index (κ1) is 14.0. The molecule has 1 saturated heterocycles. The minimum atomic E-state index is -2.41. The van der Waals surface area contributed by atoms with Crippen LogP contribution in [0.2, 0.25) is 5.02 Å². The van der Waals surface area contributed by atoms with Gasteiger partial charge in [-0.25, -0.2) is 14.1 Å². The van der Waals surface area contributed by atoms with Gasteiger partial charge < -0.3 is 4.74 Å². The average Bonchev–Trinajstić information content (AvgIpc) is 2.98. The van der Waals surface area contributed by atoms with Gasteiger partial charge in [0.05, 0.1) is 12.8 Å². The van der Waals surface area contributed by atoms with Crippen LogP contribution in [0.1, 0.15) is 12.8 Å². The highest BCUT2D eigenvalue weighted by Crippen LogP contribution is 2.65. The van der Waals surface area contributed by atoms with E-state index >= 15 is 0 Å². The molecule has 2 fully saturated rings. The van der Waals surface area contributed by atoms with Crippen molar-refractivity contribution in [3.05, 3.63) is 29.3 Å². The maximum atomic E-state index is 14.5. The van der Waals surface area contributed by atoms with E-state index in [-0.39, 0.29) is 12.8 Å². The maximum Gasteiger partial charge on any atom is 0.344 e. The van der Waals surface area contributed by atoms with Crippen molar-refractivity contribution in [2.24, 2.45) is 5.41 Å². The highest BCUT2D eigenvalue weighted by Gasteiger charge is 2.82. The number of rotatable bonds is 2. The highest BCUT2D eigenvalue weighted by atomic mass is 35.5. The molecule has 1 aromatic carbocycles. The largest absolute Gasteiger partial charge is 0.467 e. The van der Waals surface area contributed by atoms with Crippen molar-refractivity contribution in [2.75, 3.05) is 12.0 Å². The summed E-state index contributed by atoms with van der Waals surface area (Å²) in [5.74, 6) is -2.35. The van der Waals surface area contributed by atoms with Crippen LogP contribution in [0.4, 0.5) is 10.1 Å². The van der Waals surface area contributed by atoms with Crippen molar-refractivity contribution in [1.82, 2.24) is 0 Å². The molecule has 2 amide bonds. The fourth-order valence-electron chi connectivity index (χ4n) is 2.84. The Kier molecular flexibility index (Phi) is 2.85. The van der Waals surface area contributed by atoms with E-state index in [1.807, 2.05) is 0 Å². The Morgan fingerprint density at radius 2 is 1.95 bits per heavy atom. The Morgan fingerprint density at radius 3 is 2.52 bits per heavy atom. The molecule has 2 aliphatic rings. The van der Waals surface area contributed by atoms with Gasteiger partial charge in [0.2, 0.25) is 17.5 Å². The van der Waals surface area contributed by atoms with Gasteiger partial charge in [0.15, 0.2) is 0 Å². The number of benzene rings is 1. The number of amides is 2. The number of ether oxygens (including phenoxy) is 1. The molecule has 0 bridgehead atoms. The van der Waals surface area contributed by atoms with Crippen LogP contribution in [0.3, 0.4) is 0 Å². The van der Waals surface area contributed by atoms with Crippen LogP contribution in [-0.2, 0) is 19.1 Å². The van der Waals surface area contributed by atoms with E-state index < -0.39 is 28.9 Å². The summed E-state index contributed by atoms with van der Waals surface area (Å²) in [6.07, 6.45) is -0.651. The van der Waals surface area contributed by atoms with E-state index in [1.165, 1.54) is 24.3 Å². The lowest BCUT2D eigenvalue weighted by atomic mass is 10.0. The molecule has 7 heteroatoms. The van der Waals surface area contributed by atoms with Crippen LogP contribution >= 0.6 is 11.6 Å².